The standard InChI is InChI=1S/C20H19N3O3S/c1-12-6-7-13(2)17(11-12)27-20-16(5-4-9-21-20)19(25)23-22-18(24)15-8-10-26-14(15)3/h4-11H,1-3H3,(H,22,24)(H,23,25). The Kier molecular flexibility index (Phi) is 5.61. The van der Waals surface area contributed by atoms with Gasteiger partial charge in [0, 0.05) is 11.1 Å². The van der Waals surface area contributed by atoms with Crippen LogP contribution in [0.25, 0.3) is 0 Å². The van der Waals surface area contributed by atoms with Gasteiger partial charge in [-0.15, -0.1) is 0 Å². The molecule has 0 aliphatic rings. The highest BCUT2D eigenvalue weighted by Crippen LogP contribution is 2.31. The topological polar surface area (TPSA) is 84.2 Å². The van der Waals surface area contributed by atoms with Crippen molar-refractivity contribution >= 4 is 23.6 Å². The molecule has 138 valence electrons. The van der Waals surface area contributed by atoms with Crippen LogP contribution in [0.4, 0.5) is 0 Å². The summed E-state index contributed by atoms with van der Waals surface area (Å²) in [5, 5.41) is 0.567. The Hall–Kier alpha value is -3.06. The van der Waals surface area contributed by atoms with Crippen LogP contribution in [-0.2, 0) is 0 Å². The smallest absolute Gasteiger partial charge is 0.273 e. The number of hydrogen-bond donors (Lipinski definition) is 2. The maximum atomic E-state index is 12.6. The van der Waals surface area contributed by atoms with E-state index in [0.717, 1.165) is 16.0 Å². The number of nitrogens with one attached hydrogen (secondary N) is 2. The first kappa shape index (κ1) is 18.7. The fourth-order valence-corrected chi connectivity index (χ4v) is 3.50. The zero-order chi connectivity index (χ0) is 19.4. The molecule has 0 spiro atoms. The number of amides is 2. The van der Waals surface area contributed by atoms with E-state index in [9.17, 15) is 9.59 Å². The van der Waals surface area contributed by atoms with Crippen molar-refractivity contribution in [2.45, 2.75) is 30.7 Å². The summed E-state index contributed by atoms with van der Waals surface area (Å²) in [4.78, 5) is 30.0. The lowest BCUT2D eigenvalue weighted by atomic mass is 10.2. The molecule has 0 bridgehead atoms. The number of aryl methyl sites for hydroxylation is 3. The molecule has 0 saturated carbocycles. The van der Waals surface area contributed by atoms with E-state index in [0.29, 0.717) is 21.9 Å². The van der Waals surface area contributed by atoms with Crippen molar-refractivity contribution in [2.75, 3.05) is 0 Å². The molecule has 0 radical (unpaired) electrons. The second kappa shape index (κ2) is 8.09. The van der Waals surface area contributed by atoms with Crippen molar-refractivity contribution in [1.29, 1.82) is 0 Å². The number of hydrogen-bond acceptors (Lipinski definition) is 5. The lowest BCUT2D eigenvalue weighted by molar-refractivity contribution is 0.0843. The molecule has 3 rings (SSSR count). The van der Waals surface area contributed by atoms with Crippen molar-refractivity contribution < 1.29 is 14.0 Å². The Morgan fingerprint density at radius 1 is 1.00 bits per heavy atom. The molecule has 0 aliphatic heterocycles. The molecule has 3 aromatic rings. The van der Waals surface area contributed by atoms with Gasteiger partial charge in [0.05, 0.1) is 17.4 Å². The Labute approximate surface area is 161 Å². The minimum absolute atomic E-state index is 0.367. The minimum Gasteiger partial charge on any atom is -0.469 e. The van der Waals surface area contributed by atoms with Gasteiger partial charge in [0.1, 0.15) is 10.8 Å². The number of aromatic nitrogens is 1. The number of rotatable bonds is 4. The molecule has 27 heavy (non-hydrogen) atoms. The van der Waals surface area contributed by atoms with Crippen LogP contribution in [0, 0.1) is 20.8 Å². The quantitative estimate of drug-likeness (QED) is 0.671. The van der Waals surface area contributed by atoms with Gasteiger partial charge in [-0.3, -0.25) is 20.4 Å². The highest BCUT2D eigenvalue weighted by Gasteiger charge is 2.17. The maximum Gasteiger partial charge on any atom is 0.273 e. The van der Waals surface area contributed by atoms with E-state index in [1.54, 1.807) is 31.3 Å². The molecule has 2 heterocycles. The molecule has 1 aromatic carbocycles. The van der Waals surface area contributed by atoms with Gasteiger partial charge >= 0.3 is 0 Å². The predicted octanol–water partition coefficient (Wildman–Crippen LogP) is 3.83. The lowest BCUT2D eigenvalue weighted by Crippen LogP contribution is -2.41. The van der Waals surface area contributed by atoms with E-state index in [1.807, 2.05) is 26.0 Å². The Bertz CT molecular complexity index is 998. The fourth-order valence-electron chi connectivity index (χ4n) is 2.44. The highest BCUT2D eigenvalue weighted by molar-refractivity contribution is 7.99. The van der Waals surface area contributed by atoms with Gasteiger partial charge in [0.15, 0.2) is 0 Å². The van der Waals surface area contributed by atoms with Crippen LogP contribution < -0.4 is 10.9 Å². The van der Waals surface area contributed by atoms with Crippen LogP contribution in [0.15, 0.2) is 63.2 Å². The largest absolute Gasteiger partial charge is 0.469 e. The van der Waals surface area contributed by atoms with Crippen LogP contribution in [-0.4, -0.2) is 16.8 Å². The summed E-state index contributed by atoms with van der Waals surface area (Å²) in [5.41, 5.74) is 7.82. The Balaban J connectivity index is 1.75. The number of furan rings is 1. The van der Waals surface area contributed by atoms with Crippen LogP contribution >= 0.6 is 11.8 Å². The Morgan fingerprint density at radius 3 is 2.44 bits per heavy atom. The second-order valence-electron chi connectivity index (χ2n) is 6.03. The Morgan fingerprint density at radius 2 is 1.74 bits per heavy atom. The summed E-state index contributed by atoms with van der Waals surface area (Å²) >= 11 is 1.42. The summed E-state index contributed by atoms with van der Waals surface area (Å²) in [7, 11) is 0. The third kappa shape index (κ3) is 4.38. The van der Waals surface area contributed by atoms with E-state index >= 15 is 0 Å². The highest BCUT2D eigenvalue weighted by atomic mass is 32.2. The first-order valence-electron chi connectivity index (χ1n) is 8.30. The summed E-state index contributed by atoms with van der Waals surface area (Å²) in [5.74, 6) is -0.401. The molecule has 0 aliphatic carbocycles. The summed E-state index contributed by atoms with van der Waals surface area (Å²) in [6.07, 6.45) is 3.06. The first-order valence-corrected chi connectivity index (χ1v) is 9.12. The van der Waals surface area contributed by atoms with Gasteiger partial charge in [0.25, 0.3) is 11.8 Å². The molecule has 2 aromatic heterocycles. The zero-order valence-electron chi connectivity index (χ0n) is 15.2. The van der Waals surface area contributed by atoms with Crippen molar-refractivity contribution in [3.05, 3.63) is 76.9 Å². The number of pyridine rings is 1. The van der Waals surface area contributed by atoms with Crippen LogP contribution in [0.2, 0.25) is 0 Å². The monoisotopic (exact) mass is 381 g/mol. The van der Waals surface area contributed by atoms with E-state index in [2.05, 4.69) is 21.9 Å². The van der Waals surface area contributed by atoms with E-state index in [4.69, 9.17) is 4.42 Å². The van der Waals surface area contributed by atoms with E-state index in [1.165, 1.54) is 18.0 Å². The average Bonchev–Trinajstić information content (AvgIpc) is 3.09. The second-order valence-corrected chi connectivity index (χ2v) is 7.06. The first-order chi connectivity index (χ1) is 13.0. The van der Waals surface area contributed by atoms with E-state index in [-0.39, 0.29) is 0 Å². The van der Waals surface area contributed by atoms with E-state index < -0.39 is 11.8 Å². The molecule has 0 saturated heterocycles. The summed E-state index contributed by atoms with van der Waals surface area (Å²) < 4.78 is 5.10. The van der Waals surface area contributed by atoms with Crippen LogP contribution in [0.3, 0.4) is 0 Å². The van der Waals surface area contributed by atoms with Crippen molar-refractivity contribution in [2.24, 2.45) is 0 Å². The number of carbonyl (C=O) groups is 2. The molecular formula is C20H19N3O3S. The number of nitrogens with zero attached hydrogens (tertiary/aromatic N) is 1. The summed E-state index contributed by atoms with van der Waals surface area (Å²) in [6, 6.07) is 11.0. The minimum atomic E-state index is -0.442. The van der Waals surface area contributed by atoms with Gasteiger partial charge < -0.3 is 4.42 Å². The van der Waals surface area contributed by atoms with Gasteiger partial charge in [-0.2, -0.15) is 0 Å². The molecule has 0 fully saturated rings. The molecule has 0 atom stereocenters. The molecule has 2 N–H and O–H groups in total. The molecule has 2 amide bonds. The zero-order valence-corrected chi connectivity index (χ0v) is 16.0. The maximum absolute atomic E-state index is 12.6. The molecular weight excluding hydrogens is 362 g/mol. The van der Waals surface area contributed by atoms with Crippen molar-refractivity contribution in [3.63, 3.8) is 0 Å². The average molecular weight is 381 g/mol. The fraction of sp³-hybridized carbons (Fsp3) is 0.150. The van der Waals surface area contributed by atoms with Crippen LogP contribution in [0.1, 0.15) is 37.6 Å². The third-order valence-corrected chi connectivity index (χ3v) is 5.14. The SMILES string of the molecule is Cc1ccc(C)c(Sc2ncccc2C(=O)NNC(=O)c2ccoc2C)c1. The molecule has 7 heteroatoms. The van der Waals surface area contributed by atoms with Gasteiger partial charge in [0.2, 0.25) is 0 Å². The number of hydrazine groups is 1. The lowest BCUT2D eigenvalue weighted by Gasteiger charge is -2.11. The normalized spacial score (nSPS) is 10.5. The van der Waals surface area contributed by atoms with Crippen molar-refractivity contribution in [1.82, 2.24) is 15.8 Å². The van der Waals surface area contributed by atoms with Crippen LogP contribution in [0.5, 0.6) is 0 Å². The summed E-state index contributed by atoms with van der Waals surface area (Å²) in [6.45, 7) is 5.71. The predicted molar refractivity (Wildman–Crippen MR) is 103 cm³/mol. The third-order valence-electron chi connectivity index (χ3n) is 3.96. The molecule has 6 nitrogen and oxygen atoms in total. The number of carbonyl (C=O) groups excluding carboxylic acids is 2. The number of benzene rings is 1. The van der Waals surface area contributed by atoms with Gasteiger partial charge in [-0.25, -0.2) is 4.98 Å². The molecule has 0 unspecified atom stereocenters. The van der Waals surface area contributed by atoms with Gasteiger partial charge in [-0.1, -0.05) is 23.9 Å². The van der Waals surface area contributed by atoms with Crippen molar-refractivity contribution in [3.8, 4) is 0 Å². The van der Waals surface area contributed by atoms with Gasteiger partial charge in [-0.05, 0) is 56.2 Å².